The van der Waals surface area contributed by atoms with Gasteiger partial charge in [0.25, 0.3) is 5.56 Å². The van der Waals surface area contributed by atoms with Gasteiger partial charge in [0.05, 0.1) is 11.7 Å². The van der Waals surface area contributed by atoms with Crippen molar-refractivity contribution in [1.82, 2.24) is 20.1 Å². The lowest BCUT2D eigenvalue weighted by atomic mass is 10.0. The average Bonchev–Trinajstić information content (AvgIpc) is 3.16. The third-order valence-corrected chi connectivity index (χ3v) is 5.63. The molecule has 1 aliphatic carbocycles. The molecule has 0 spiro atoms. The Morgan fingerprint density at radius 3 is 2.93 bits per heavy atom. The number of carbonyl (C=O) groups excluding carboxylic acids is 1. The van der Waals surface area contributed by atoms with Crippen LogP contribution in [0.25, 0.3) is 11.0 Å². The summed E-state index contributed by atoms with van der Waals surface area (Å²) < 4.78 is 1.69. The van der Waals surface area contributed by atoms with Crippen LogP contribution in [-0.2, 0) is 24.7 Å². The molecule has 0 bridgehead atoms. The number of pyridine rings is 1. The van der Waals surface area contributed by atoms with Crippen molar-refractivity contribution in [3.8, 4) is 0 Å². The number of fused-ring (bicyclic) bond motifs is 2. The zero-order valence-electron chi connectivity index (χ0n) is 15.9. The van der Waals surface area contributed by atoms with E-state index in [9.17, 15) is 9.59 Å². The number of H-pyrrole nitrogens is 1. The van der Waals surface area contributed by atoms with E-state index in [1.54, 1.807) is 4.68 Å². The van der Waals surface area contributed by atoms with Gasteiger partial charge in [-0.3, -0.25) is 14.3 Å². The van der Waals surface area contributed by atoms with Crippen molar-refractivity contribution in [2.24, 2.45) is 7.05 Å². The molecular weight excluding hydrogens is 340 g/mol. The quantitative estimate of drug-likeness (QED) is 0.747. The number of nitrogens with one attached hydrogen (secondary N) is 2. The maximum Gasteiger partial charge on any atom is 0.253 e. The molecule has 1 aromatic carbocycles. The fourth-order valence-electron chi connectivity index (χ4n) is 4.27. The number of hydrogen-bond donors (Lipinski definition) is 2. The average molecular weight is 364 g/mol. The van der Waals surface area contributed by atoms with E-state index in [1.807, 2.05) is 33.0 Å². The van der Waals surface area contributed by atoms with Gasteiger partial charge in [0, 0.05) is 24.4 Å². The van der Waals surface area contributed by atoms with Gasteiger partial charge < -0.3 is 10.3 Å². The first-order valence-corrected chi connectivity index (χ1v) is 9.38. The van der Waals surface area contributed by atoms with Crippen molar-refractivity contribution in [3.05, 3.63) is 62.6 Å². The van der Waals surface area contributed by atoms with Crippen LogP contribution in [0, 0.1) is 13.8 Å². The lowest BCUT2D eigenvalue weighted by Crippen LogP contribution is -2.28. The summed E-state index contributed by atoms with van der Waals surface area (Å²) in [5.74, 6) is -0.0153. The summed E-state index contributed by atoms with van der Waals surface area (Å²) in [6, 6.07) is 8.33. The van der Waals surface area contributed by atoms with Crippen molar-refractivity contribution >= 4 is 16.9 Å². The standard InChI is InChI=1S/C21H24N4O2/c1-12-15(21(27)23-20-19(12)13(2)24-25(20)3)9-11-18(26)22-17-10-8-14-6-4-5-7-16(14)17/h4-7,17H,8-11H2,1-3H3,(H,22,26)(H,23,27)/t17-/m1/s1. The SMILES string of the molecule is Cc1nn(C)c2[nH]c(=O)c(CCC(=O)N[C@@H]3CCc4ccccc43)c(C)c12. The third kappa shape index (κ3) is 3.05. The molecule has 0 saturated carbocycles. The first-order valence-electron chi connectivity index (χ1n) is 9.38. The van der Waals surface area contributed by atoms with Crippen molar-refractivity contribution < 1.29 is 4.79 Å². The Labute approximate surface area is 157 Å². The minimum absolute atomic E-state index is 0.0153. The van der Waals surface area contributed by atoms with Crippen LogP contribution in [0.1, 0.15) is 46.8 Å². The maximum atomic E-state index is 12.5. The number of aryl methyl sites for hydroxylation is 4. The molecule has 27 heavy (non-hydrogen) atoms. The molecule has 1 amide bonds. The molecule has 2 heterocycles. The Morgan fingerprint density at radius 1 is 1.33 bits per heavy atom. The van der Waals surface area contributed by atoms with Crippen LogP contribution < -0.4 is 10.9 Å². The second-order valence-corrected chi connectivity index (χ2v) is 7.35. The smallest absolute Gasteiger partial charge is 0.253 e. The number of aromatic nitrogens is 3. The van der Waals surface area contributed by atoms with Crippen LogP contribution in [0.4, 0.5) is 0 Å². The van der Waals surface area contributed by atoms with Crippen molar-refractivity contribution in [3.63, 3.8) is 0 Å². The van der Waals surface area contributed by atoms with Gasteiger partial charge in [0.1, 0.15) is 5.65 Å². The summed E-state index contributed by atoms with van der Waals surface area (Å²) >= 11 is 0. The summed E-state index contributed by atoms with van der Waals surface area (Å²) in [5, 5.41) is 8.48. The van der Waals surface area contributed by atoms with Crippen LogP contribution >= 0.6 is 0 Å². The zero-order chi connectivity index (χ0) is 19.1. The van der Waals surface area contributed by atoms with Gasteiger partial charge in [-0.15, -0.1) is 0 Å². The molecule has 140 valence electrons. The van der Waals surface area contributed by atoms with Gasteiger partial charge in [-0.05, 0) is 49.8 Å². The number of hydrogen-bond acceptors (Lipinski definition) is 3. The van der Waals surface area contributed by atoms with Crippen molar-refractivity contribution in [2.45, 2.75) is 45.6 Å². The van der Waals surface area contributed by atoms with Crippen LogP contribution in [0.2, 0.25) is 0 Å². The molecule has 2 N–H and O–H groups in total. The van der Waals surface area contributed by atoms with Gasteiger partial charge in [-0.1, -0.05) is 24.3 Å². The molecule has 1 atom stereocenters. The normalized spacial score (nSPS) is 15.9. The fourth-order valence-corrected chi connectivity index (χ4v) is 4.27. The Bertz CT molecular complexity index is 1090. The molecule has 0 radical (unpaired) electrons. The van der Waals surface area contributed by atoms with Gasteiger partial charge in [0.15, 0.2) is 0 Å². The highest BCUT2D eigenvalue weighted by Gasteiger charge is 2.23. The molecule has 0 unspecified atom stereocenters. The summed E-state index contributed by atoms with van der Waals surface area (Å²) in [5.41, 5.74) is 5.58. The monoisotopic (exact) mass is 364 g/mol. The van der Waals surface area contributed by atoms with Gasteiger partial charge in [0.2, 0.25) is 5.91 Å². The summed E-state index contributed by atoms with van der Waals surface area (Å²) in [6.45, 7) is 3.87. The molecule has 3 aromatic rings. The molecule has 4 rings (SSSR count). The van der Waals surface area contributed by atoms with Gasteiger partial charge in [-0.25, -0.2) is 0 Å². The topological polar surface area (TPSA) is 79.8 Å². The van der Waals surface area contributed by atoms with Gasteiger partial charge in [-0.2, -0.15) is 5.10 Å². The van der Waals surface area contributed by atoms with E-state index in [0.29, 0.717) is 18.4 Å². The molecule has 6 nitrogen and oxygen atoms in total. The zero-order valence-corrected chi connectivity index (χ0v) is 15.9. The number of nitrogens with zero attached hydrogens (tertiary/aromatic N) is 2. The minimum atomic E-state index is -0.137. The Kier molecular flexibility index (Phi) is 4.34. The molecule has 0 fully saturated rings. The summed E-state index contributed by atoms with van der Waals surface area (Å²) in [6.07, 6.45) is 2.65. The predicted molar refractivity (Wildman–Crippen MR) is 105 cm³/mol. The number of rotatable bonds is 4. The Morgan fingerprint density at radius 2 is 2.11 bits per heavy atom. The Balaban J connectivity index is 1.50. The van der Waals surface area contributed by atoms with E-state index >= 15 is 0 Å². The molecular formula is C21H24N4O2. The second-order valence-electron chi connectivity index (χ2n) is 7.35. The molecule has 6 heteroatoms. The Hall–Kier alpha value is -2.89. The minimum Gasteiger partial charge on any atom is -0.349 e. The lowest BCUT2D eigenvalue weighted by Gasteiger charge is -2.14. The molecule has 1 aliphatic rings. The van der Waals surface area contributed by atoms with Crippen LogP contribution in [0.15, 0.2) is 29.1 Å². The summed E-state index contributed by atoms with van der Waals surface area (Å²) in [7, 11) is 1.82. The van der Waals surface area contributed by atoms with Gasteiger partial charge >= 0.3 is 0 Å². The van der Waals surface area contributed by atoms with Crippen molar-refractivity contribution in [2.75, 3.05) is 0 Å². The fraction of sp³-hybridized carbons (Fsp3) is 0.381. The van der Waals surface area contributed by atoms with Crippen LogP contribution in [-0.4, -0.2) is 20.7 Å². The van der Waals surface area contributed by atoms with E-state index in [2.05, 4.69) is 27.5 Å². The van der Waals surface area contributed by atoms with Crippen LogP contribution in [0.3, 0.4) is 0 Å². The van der Waals surface area contributed by atoms with E-state index in [4.69, 9.17) is 0 Å². The highest BCUT2D eigenvalue weighted by atomic mass is 16.1. The third-order valence-electron chi connectivity index (χ3n) is 5.63. The van der Waals surface area contributed by atoms with E-state index < -0.39 is 0 Å². The summed E-state index contributed by atoms with van der Waals surface area (Å²) in [4.78, 5) is 27.9. The molecule has 2 aromatic heterocycles. The molecule has 0 saturated heterocycles. The van der Waals surface area contributed by atoms with Crippen molar-refractivity contribution in [1.29, 1.82) is 0 Å². The highest BCUT2D eigenvalue weighted by molar-refractivity contribution is 5.83. The maximum absolute atomic E-state index is 12.5. The first kappa shape index (κ1) is 17.5. The van der Waals surface area contributed by atoms with E-state index in [1.165, 1.54) is 11.1 Å². The number of benzene rings is 1. The second kappa shape index (κ2) is 6.68. The first-order chi connectivity index (χ1) is 13.0. The largest absolute Gasteiger partial charge is 0.349 e. The lowest BCUT2D eigenvalue weighted by molar-refractivity contribution is -0.121. The van der Waals surface area contributed by atoms with E-state index in [0.717, 1.165) is 35.1 Å². The predicted octanol–water partition coefficient (Wildman–Crippen LogP) is 2.61. The molecule has 0 aliphatic heterocycles. The highest BCUT2D eigenvalue weighted by Crippen LogP contribution is 2.30. The number of aromatic amines is 1. The van der Waals surface area contributed by atoms with Crippen LogP contribution in [0.5, 0.6) is 0 Å². The number of amides is 1. The number of carbonyl (C=O) groups is 1. The van der Waals surface area contributed by atoms with E-state index in [-0.39, 0.29) is 17.5 Å².